The highest BCUT2D eigenvalue weighted by molar-refractivity contribution is 5.98. The Morgan fingerprint density at radius 2 is 1.00 bits per heavy atom. The van der Waals surface area contributed by atoms with Crippen molar-refractivity contribution < 1.29 is 53.7 Å². The first-order chi connectivity index (χ1) is 32.6. The lowest BCUT2D eigenvalue weighted by atomic mass is 9.96. The zero-order valence-corrected chi connectivity index (χ0v) is 40.3. The first-order valence-corrected chi connectivity index (χ1v) is 23.5. The fraction of sp³-hybridized carbons (Fsp3) is 0.510. The molecule has 20 nitrogen and oxygen atoms in total. The van der Waals surface area contributed by atoms with E-state index < -0.39 is 115 Å². The number of aromatic nitrogens is 2. The predicted molar refractivity (Wildman–Crippen MR) is 258 cm³/mol. The number of para-hydroxylation sites is 2. The number of benzene rings is 2. The van der Waals surface area contributed by atoms with Crippen molar-refractivity contribution in [3.63, 3.8) is 0 Å². The first kappa shape index (κ1) is 54.8. The molecule has 20 heteroatoms. The van der Waals surface area contributed by atoms with Crippen LogP contribution in [0.1, 0.15) is 91.7 Å². The molecule has 2 aromatic heterocycles. The number of nitrogens with one attached hydrogen (secondary N) is 8. The van der Waals surface area contributed by atoms with Crippen LogP contribution in [-0.4, -0.2) is 121 Å². The highest BCUT2D eigenvalue weighted by Crippen LogP contribution is 2.22. The van der Waals surface area contributed by atoms with E-state index >= 15 is 0 Å². The third-order valence-electron chi connectivity index (χ3n) is 12.5. The summed E-state index contributed by atoms with van der Waals surface area (Å²) in [5.74, 6) is -8.61. The van der Waals surface area contributed by atoms with Gasteiger partial charge in [-0.15, -0.1) is 0 Å². The number of aliphatic hydroxyl groups excluding tert-OH is 1. The molecule has 0 aliphatic rings. The van der Waals surface area contributed by atoms with Crippen molar-refractivity contribution in [1.82, 2.24) is 41.9 Å². The van der Waals surface area contributed by atoms with Crippen LogP contribution in [0, 0.1) is 17.8 Å². The van der Waals surface area contributed by atoms with E-state index in [1.165, 1.54) is 6.92 Å². The molecule has 2 aromatic carbocycles. The number of carboxylic acids is 2. The zero-order valence-electron chi connectivity index (χ0n) is 40.3. The van der Waals surface area contributed by atoms with Crippen LogP contribution in [0.15, 0.2) is 60.9 Å². The molecule has 0 aliphatic heterocycles. The minimum Gasteiger partial charge on any atom is -0.481 e. The van der Waals surface area contributed by atoms with Gasteiger partial charge >= 0.3 is 11.9 Å². The molecule has 376 valence electrons. The average molecular weight is 960 g/mol. The molecular weight excluding hydrogens is 891 g/mol. The Labute approximate surface area is 401 Å². The quantitative estimate of drug-likeness (QED) is 0.0409. The number of nitrogens with two attached hydrogens (primary N) is 1. The summed E-state index contributed by atoms with van der Waals surface area (Å²) in [6.07, 6.45) is 1.66. The summed E-state index contributed by atoms with van der Waals surface area (Å²) in [6.45, 7) is 11.9. The van der Waals surface area contributed by atoms with Gasteiger partial charge in [0.2, 0.25) is 35.4 Å². The van der Waals surface area contributed by atoms with Gasteiger partial charge in [-0.1, -0.05) is 90.8 Å². The Morgan fingerprint density at radius 3 is 1.48 bits per heavy atom. The molecule has 0 radical (unpaired) electrons. The molecule has 2 heterocycles. The van der Waals surface area contributed by atoms with Crippen LogP contribution < -0.4 is 37.6 Å². The molecular formula is C49H69N9O11. The molecule has 4 rings (SSSR count). The molecule has 0 saturated carbocycles. The maximum absolute atomic E-state index is 14.5. The van der Waals surface area contributed by atoms with Gasteiger partial charge in [-0.05, 0) is 60.8 Å². The topological polar surface area (TPSA) is 327 Å². The predicted octanol–water partition coefficient (Wildman–Crippen LogP) is 2.14. The molecule has 0 saturated heterocycles. The van der Waals surface area contributed by atoms with E-state index in [9.17, 15) is 53.7 Å². The number of H-pyrrole nitrogens is 2. The smallest absolute Gasteiger partial charge is 0.326 e. The summed E-state index contributed by atoms with van der Waals surface area (Å²) < 4.78 is 0. The average Bonchev–Trinajstić information content (AvgIpc) is 3.92. The lowest BCUT2D eigenvalue weighted by molar-refractivity contribution is -0.143. The molecule has 0 bridgehead atoms. The van der Waals surface area contributed by atoms with E-state index in [0.29, 0.717) is 24.0 Å². The number of hydrogen-bond donors (Lipinski definition) is 12. The van der Waals surface area contributed by atoms with Gasteiger partial charge in [0.25, 0.3) is 0 Å². The molecule has 6 amide bonds. The number of hydrogen-bond acceptors (Lipinski definition) is 10. The van der Waals surface area contributed by atoms with Crippen LogP contribution >= 0.6 is 0 Å². The second kappa shape index (κ2) is 25.5. The molecule has 10 atom stereocenters. The van der Waals surface area contributed by atoms with Crippen LogP contribution in [0.3, 0.4) is 0 Å². The molecule has 4 aromatic rings. The SMILES string of the molecule is CC[C@H](C)[C@H](N)C(=O)N[C@@H](Cc1c[nH]c2ccccc12)C(=O)N[C@@H](CCC(=O)O)C(=O)N[C@H](C(=O)N[C@@H](Cc1c[nH]c2ccccc12)C(=O)N[C@H](C(=O)N[C@@H](CC(C)C)C(=O)O)[C@@H](C)O)[C@@H](C)CC. The number of fused-ring (bicyclic) bond motifs is 2. The van der Waals surface area contributed by atoms with Crippen molar-refractivity contribution >= 4 is 69.2 Å². The highest BCUT2D eigenvalue weighted by atomic mass is 16.4. The Hall–Kier alpha value is -6.80. The van der Waals surface area contributed by atoms with Gasteiger partial charge in [0, 0.05) is 53.5 Å². The number of carbonyl (C=O) groups is 8. The third-order valence-corrected chi connectivity index (χ3v) is 12.5. The van der Waals surface area contributed by atoms with Crippen molar-refractivity contribution in [3.05, 3.63) is 72.1 Å². The Bertz CT molecular complexity index is 2430. The third kappa shape index (κ3) is 15.4. The normalized spacial score (nSPS) is 15.9. The van der Waals surface area contributed by atoms with Crippen LogP contribution in [0.5, 0.6) is 0 Å². The van der Waals surface area contributed by atoms with Crippen LogP contribution in [0.25, 0.3) is 21.8 Å². The molecule has 0 aliphatic carbocycles. The van der Waals surface area contributed by atoms with Crippen molar-refractivity contribution in [2.45, 2.75) is 142 Å². The van der Waals surface area contributed by atoms with Crippen molar-refractivity contribution in [2.24, 2.45) is 23.5 Å². The van der Waals surface area contributed by atoms with Crippen molar-refractivity contribution in [3.8, 4) is 0 Å². The molecule has 69 heavy (non-hydrogen) atoms. The van der Waals surface area contributed by atoms with E-state index in [-0.39, 0.29) is 31.1 Å². The summed E-state index contributed by atoms with van der Waals surface area (Å²) in [6, 6.07) is 4.98. The van der Waals surface area contributed by atoms with Crippen molar-refractivity contribution in [2.75, 3.05) is 0 Å². The van der Waals surface area contributed by atoms with Gasteiger partial charge in [0.05, 0.1) is 12.1 Å². The summed E-state index contributed by atoms with van der Waals surface area (Å²) in [5.41, 5.74) is 9.02. The Balaban J connectivity index is 1.65. The summed E-state index contributed by atoms with van der Waals surface area (Å²) in [5, 5.41) is 47.3. The number of aromatic amines is 2. The van der Waals surface area contributed by atoms with E-state index in [4.69, 9.17) is 5.73 Å². The monoisotopic (exact) mass is 960 g/mol. The number of rotatable bonds is 27. The number of amides is 6. The summed E-state index contributed by atoms with van der Waals surface area (Å²) in [7, 11) is 0. The van der Waals surface area contributed by atoms with Crippen LogP contribution in [-0.2, 0) is 51.2 Å². The second-order valence-corrected chi connectivity index (χ2v) is 18.3. The molecule has 0 fully saturated rings. The lowest BCUT2D eigenvalue weighted by Crippen LogP contribution is -2.62. The minimum absolute atomic E-state index is 0.0322. The Kier molecular flexibility index (Phi) is 20.3. The maximum atomic E-state index is 14.5. The minimum atomic E-state index is -1.65. The molecule has 0 unspecified atom stereocenters. The van der Waals surface area contributed by atoms with E-state index in [2.05, 4.69) is 41.9 Å². The molecule has 0 spiro atoms. The van der Waals surface area contributed by atoms with Gasteiger partial charge in [0.15, 0.2) is 0 Å². The number of aliphatic carboxylic acids is 2. The number of carboxylic acid groups (broad SMARTS) is 2. The fourth-order valence-corrected chi connectivity index (χ4v) is 7.88. The second-order valence-electron chi connectivity index (χ2n) is 18.3. The van der Waals surface area contributed by atoms with E-state index in [1.54, 1.807) is 65.2 Å². The number of carbonyl (C=O) groups excluding carboxylic acids is 6. The van der Waals surface area contributed by atoms with Gasteiger partial charge in [-0.3, -0.25) is 33.6 Å². The standard InChI is InChI=1S/C49H69N9O11/c1-8-26(5)40(50)46(65)54-36(21-29-23-51-33-16-12-10-14-31(29)33)44(63)53-35(18-19-39(60)61)43(62)57-41(27(6)9-2)47(66)55-37(22-30-24-52-34-17-13-11-15-32(30)34)45(64)58-42(28(7)59)48(67)56-38(49(68)69)20-25(3)4/h10-17,23-28,35-38,40-42,51-52,59H,8-9,18-22,50H2,1-7H3,(H,53,63)(H,54,65)(H,55,66)(H,56,67)(H,57,62)(H,58,64)(H,60,61)(H,68,69)/t26-,27-,28+,35-,36-,37-,38-,40-,41-,42-/m0/s1. The summed E-state index contributed by atoms with van der Waals surface area (Å²) >= 11 is 0. The highest BCUT2D eigenvalue weighted by Gasteiger charge is 2.37. The van der Waals surface area contributed by atoms with Gasteiger partial charge in [-0.2, -0.15) is 0 Å². The van der Waals surface area contributed by atoms with Gasteiger partial charge in [0.1, 0.15) is 36.3 Å². The Morgan fingerprint density at radius 1 is 0.565 bits per heavy atom. The van der Waals surface area contributed by atoms with Crippen molar-refractivity contribution in [1.29, 1.82) is 0 Å². The van der Waals surface area contributed by atoms with Crippen LogP contribution in [0.4, 0.5) is 0 Å². The fourth-order valence-electron chi connectivity index (χ4n) is 7.88. The van der Waals surface area contributed by atoms with Gasteiger partial charge < -0.3 is 62.9 Å². The lowest BCUT2D eigenvalue weighted by Gasteiger charge is -2.30. The largest absolute Gasteiger partial charge is 0.481 e. The van der Waals surface area contributed by atoms with Crippen LogP contribution in [0.2, 0.25) is 0 Å². The van der Waals surface area contributed by atoms with E-state index in [0.717, 1.165) is 21.8 Å². The number of aliphatic hydroxyl groups is 1. The summed E-state index contributed by atoms with van der Waals surface area (Å²) in [4.78, 5) is 114. The zero-order chi connectivity index (χ0) is 51.1. The van der Waals surface area contributed by atoms with Gasteiger partial charge in [-0.25, -0.2) is 4.79 Å². The first-order valence-electron chi connectivity index (χ1n) is 23.5. The maximum Gasteiger partial charge on any atom is 0.326 e. The molecule has 13 N–H and O–H groups in total. The van der Waals surface area contributed by atoms with E-state index in [1.807, 2.05) is 37.3 Å².